The van der Waals surface area contributed by atoms with Gasteiger partial charge in [-0.3, -0.25) is 4.79 Å². The highest BCUT2D eigenvalue weighted by Crippen LogP contribution is 2.21. The van der Waals surface area contributed by atoms with Gasteiger partial charge < -0.3 is 4.90 Å². The number of sulfonamides is 1. The molecule has 0 N–H and O–H groups in total. The van der Waals surface area contributed by atoms with Crippen molar-refractivity contribution in [3.63, 3.8) is 0 Å². The Morgan fingerprint density at radius 3 is 2.52 bits per heavy atom. The van der Waals surface area contributed by atoms with E-state index in [4.69, 9.17) is 0 Å². The number of carbonyl (C=O) groups is 1. The number of rotatable bonds is 4. The molecule has 1 aromatic carbocycles. The van der Waals surface area contributed by atoms with Gasteiger partial charge in [0.2, 0.25) is 15.9 Å². The highest BCUT2D eigenvalue weighted by atomic mass is 32.2. The summed E-state index contributed by atoms with van der Waals surface area (Å²) in [6, 6.07) is 7.66. The van der Waals surface area contributed by atoms with Gasteiger partial charge in [0, 0.05) is 32.6 Å². The molecule has 0 radical (unpaired) electrons. The lowest BCUT2D eigenvalue weighted by Gasteiger charge is -2.31. The van der Waals surface area contributed by atoms with E-state index in [-0.39, 0.29) is 18.4 Å². The highest BCUT2D eigenvalue weighted by Gasteiger charge is 2.31. The van der Waals surface area contributed by atoms with Gasteiger partial charge in [-0.05, 0) is 31.4 Å². The van der Waals surface area contributed by atoms with Crippen molar-refractivity contribution in [2.75, 3.05) is 27.2 Å². The summed E-state index contributed by atoms with van der Waals surface area (Å²) in [6.45, 7) is 2.72. The molecule has 126 valence electrons. The van der Waals surface area contributed by atoms with Gasteiger partial charge in [0.15, 0.2) is 0 Å². The summed E-state index contributed by atoms with van der Waals surface area (Å²) in [4.78, 5) is 13.6. The predicted molar refractivity (Wildman–Crippen MR) is 92.1 cm³/mol. The third-order valence-electron chi connectivity index (χ3n) is 4.04. The maximum Gasteiger partial charge on any atom is 0.236 e. The Kier molecular flexibility index (Phi) is 5.59. The minimum absolute atomic E-state index is 0.00702. The Hall–Kier alpha value is -1.66. The lowest BCUT2D eigenvalue weighted by Crippen LogP contribution is -2.44. The van der Waals surface area contributed by atoms with Crippen LogP contribution in [0, 0.1) is 12.8 Å². The molecule has 6 heteroatoms. The van der Waals surface area contributed by atoms with Crippen molar-refractivity contribution < 1.29 is 13.2 Å². The number of nitrogens with zero attached hydrogens (tertiary/aromatic N) is 2. The van der Waals surface area contributed by atoms with Crippen molar-refractivity contribution >= 4 is 22.0 Å². The quantitative estimate of drug-likeness (QED) is 0.846. The van der Waals surface area contributed by atoms with E-state index in [9.17, 15) is 13.2 Å². The summed E-state index contributed by atoms with van der Waals surface area (Å²) >= 11 is 0. The van der Waals surface area contributed by atoms with Crippen LogP contribution in [0.2, 0.25) is 0 Å². The summed E-state index contributed by atoms with van der Waals surface area (Å²) in [6.07, 6.45) is 3.05. The molecule has 2 rings (SSSR count). The molecule has 0 bridgehead atoms. The molecule has 0 aromatic heterocycles. The average Bonchev–Trinajstić information content (AvgIpc) is 2.53. The second kappa shape index (κ2) is 7.27. The number of piperidine rings is 1. The molecule has 1 aliphatic rings. The molecule has 0 spiro atoms. The van der Waals surface area contributed by atoms with Crippen LogP contribution in [0.1, 0.15) is 24.0 Å². The van der Waals surface area contributed by atoms with Gasteiger partial charge in [-0.15, -0.1) is 0 Å². The molecule has 5 nitrogen and oxygen atoms in total. The van der Waals surface area contributed by atoms with E-state index < -0.39 is 10.0 Å². The standard InChI is InChI=1S/C17H24N2O3S/c1-14-6-8-15(9-7-14)10-12-23(21,22)19-11-4-5-16(13-19)17(20)18(2)3/h6-10,12,16H,4-5,11,13H2,1-3H3/b12-10+. The fraction of sp³-hybridized carbons (Fsp3) is 0.471. The smallest absolute Gasteiger partial charge is 0.236 e. The number of hydrogen-bond acceptors (Lipinski definition) is 3. The lowest BCUT2D eigenvalue weighted by atomic mass is 9.98. The lowest BCUT2D eigenvalue weighted by molar-refractivity contribution is -0.134. The predicted octanol–water partition coefficient (Wildman–Crippen LogP) is 2.10. The van der Waals surface area contributed by atoms with Gasteiger partial charge in [-0.2, -0.15) is 4.31 Å². The first-order valence-corrected chi connectivity index (χ1v) is 9.26. The van der Waals surface area contributed by atoms with Crippen molar-refractivity contribution in [2.45, 2.75) is 19.8 Å². The van der Waals surface area contributed by atoms with Crippen LogP contribution in [0.4, 0.5) is 0 Å². The van der Waals surface area contributed by atoms with E-state index in [1.165, 1.54) is 14.6 Å². The Balaban J connectivity index is 2.09. The van der Waals surface area contributed by atoms with Crippen molar-refractivity contribution in [1.29, 1.82) is 0 Å². The van der Waals surface area contributed by atoms with E-state index >= 15 is 0 Å². The van der Waals surface area contributed by atoms with E-state index in [1.54, 1.807) is 20.2 Å². The summed E-state index contributed by atoms with van der Waals surface area (Å²) in [5, 5.41) is 1.24. The molecule has 1 aliphatic heterocycles. The van der Waals surface area contributed by atoms with Crippen LogP contribution in [0.3, 0.4) is 0 Å². The molecular weight excluding hydrogens is 312 g/mol. The van der Waals surface area contributed by atoms with Crippen LogP contribution >= 0.6 is 0 Å². The molecule has 0 aliphatic carbocycles. The Bertz CT molecular complexity index is 678. The molecule has 1 unspecified atom stereocenters. The molecule has 1 aromatic rings. The summed E-state index contributed by atoms with van der Waals surface area (Å²) in [7, 11) is -0.0988. The minimum Gasteiger partial charge on any atom is -0.349 e. The molecule has 0 saturated carbocycles. The SMILES string of the molecule is Cc1ccc(/C=C/S(=O)(=O)N2CCCC(C(=O)N(C)C)C2)cc1. The maximum absolute atomic E-state index is 12.5. The van der Waals surface area contributed by atoms with Gasteiger partial charge in [-0.25, -0.2) is 8.42 Å². The molecule has 23 heavy (non-hydrogen) atoms. The molecule has 1 atom stereocenters. The molecule has 1 heterocycles. The number of amides is 1. The monoisotopic (exact) mass is 336 g/mol. The Morgan fingerprint density at radius 2 is 1.91 bits per heavy atom. The van der Waals surface area contributed by atoms with E-state index in [2.05, 4.69) is 0 Å². The molecule has 1 fully saturated rings. The summed E-state index contributed by atoms with van der Waals surface area (Å²) in [5.41, 5.74) is 1.98. The second-order valence-corrected chi connectivity index (χ2v) is 8.01. The van der Waals surface area contributed by atoms with Gasteiger partial charge in [0.1, 0.15) is 0 Å². The van der Waals surface area contributed by atoms with Crippen molar-refractivity contribution in [2.24, 2.45) is 5.92 Å². The first kappa shape index (κ1) is 17.7. The third kappa shape index (κ3) is 4.65. The largest absolute Gasteiger partial charge is 0.349 e. The van der Waals surface area contributed by atoms with E-state index in [0.29, 0.717) is 13.0 Å². The van der Waals surface area contributed by atoms with E-state index in [0.717, 1.165) is 17.5 Å². The first-order valence-electron chi connectivity index (χ1n) is 7.75. The maximum atomic E-state index is 12.5. The highest BCUT2D eigenvalue weighted by molar-refractivity contribution is 7.92. The normalized spacial score (nSPS) is 19.9. The van der Waals surface area contributed by atoms with E-state index in [1.807, 2.05) is 31.2 Å². The van der Waals surface area contributed by atoms with Crippen LogP contribution in [0.15, 0.2) is 29.7 Å². The van der Waals surface area contributed by atoms with Crippen LogP contribution < -0.4 is 0 Å². The summed E-state index contributed by atoms with van der Waals surface area (Å²) < 4.78 is 26.4. The summed E-state index contributed by atoms with van der Waals surface area (Å²) in [5.74, 6) is -0.256. The second-order valence-electron chi connectivity index (χ2n) is 6.19. The van der Waals surface area contributed by atoms with Crippen molar-refractivity contribution in [1.82, 2.24) is 9.21 Å². The van der Waals surface area contributed by atoms with Crippen LogP contribution in [-0.2, 0) is 14.8 Å². The Morgan fingerprint density at radius 1 is 1.26 bits per heavy atom. The van der Waals surface area contributed by atoms with Crippen molar-refractivity contribution in [3.05, 3.63) is 40.8 Å². The molecule has 1 amide bonds. The number of carbonyl (C=O) groups excluding carboxylic acids is 1. The Labute approximate surface area is 138 Å². The van der Waals surface area contributed by atoms with Crippen molar-refractivity contribution in [3.8, 4) is 0 Å². The van der Waals surface area contributed by atoms with Gasteiger partial charge in [0.25, 0.3) is 0 Å². The number of benzene rings is 1. The molecular formula is C17H24N2O3S. The van der Waals surface area contributed by atoms with Gasteiger partial charge in [-0.1, -0.05) is 29.8 Å². The topological polar surface area (TPSA) is 57.7 Å². The average molecular weight is 336 g/mol. The minimum atomic E-state index is -3.50. The van der Waals surface area contributed by atoms with Crippen LogP contribution in [-0.4, -0.2) is 50.7 Å². The van der Waals surface area contributed by atoms with Gasteiger partial charge >= 0.3 is 0 Å². The zero-order chi connectivity index (χ0) is 17.0. The van der Waals surface area contributed by atoms with Gasteiger partial charge in [0.05, 0.1) is 5.92 Å². The third-order valence-corrected chi connectivity index (χ3v) is 5.58. The zero-order valence-electron chi connectivity index (χ0n) is 13.9. The van der Waals surface area contributed by atoms with Crippen LogP contribution in [0.25, 0.3) is 6.08 Å². The number of aryl methyl sites for hydroxylation is 1. The first-order chi connectivity index (χ1) is 10.8. The number of hydrogen-bond donors (Lipinski definition) is 0. The fourth-order valence-corrected chi connectivity index (χ4v) is 3.94. The molecule has 1 saturated heterocycles. The fourth-order valence-electron chi connectivity index (χ4n) is 2.67. The zero-order valence-corrected chi connectivity index (χ0v) is 14.7. The van der Waals surface area contributed by atoms with Crippen LogP contribution in [0.5, 0.6) is 0 Å².